The number of aryl methyl sites for hydroxylation is 2. The molecule has 4 heterocycles. The predicted molar refractivity (Wildman–Crippen MR) is 113 cm³/mol. The average molecular weight is 429 g/mol. The van der Waals surface area contributed by atoms with Gasteiger partial charge in [0.1, 0.15) is 17.5 Å². The van der Waals surface area contributed by atoms with Crippen molar-refractivity contribution in [1.29, 1.82) is 0 Å². The van der Waals surface area contributed by atoms with Gasteiger partial charge in [0.25, 0.3) is 5.91 Å². The van der Waals surface area contributed by atoms with Crippen LogP contribution in [0, 0.1) is 13.8 Å². The Labute approximate surface area is 178 Å². The smallest absolute Gasteiger partial charge is 0.256 e. The van der Waals surface area contributed by atoms with Crippen LogP contribution in [0.15, 0.2) is 18.3 Å². The zero-order valence-electron chi connectivity index (χ0n) is 17.1. The van der Waals surface area contributed by atoms with E-state index in [1.165, 1.54) is 11.3 Å². The Bertz CT molecular complexity index is 1000. The molecule has 2 aromatic heterocycles. The van der Waals surface area contributed by atoms with Crippen molar-refractivity contribution in [1.82, 2.24) is 20.2 Å². The van der Waals surface area contributed by atoms with Gasteiger partial charge in [-0.25, -0.2) is 9.97 Å². The van der Waals surface area contributed by atoms with Crippen LogP contribution in [0.3, 0.4) is 0 Å². The number of nitrogens with zero attached hydrogens (tertiary/aromatic N) is 3. The second-order valence-electron chi connectivity index (χ2n) is 7.72. The number of anilines is 2. The quantitative estimate of drug-likeness (QED) is 0.689. The van der Waals surface area contributed by atoms with Crippen molar-refractivity contribution in [2.45, 2.75) is 51.7 Å². The van der Waals surface area contributed by atoms with Gasteiger partial charge in [-0.15, -0.1) is 11.3 Å². The molecular formula is C20H24N6O3S. The SMILES string of the molecule is Cc1nc(NC(=O)C(C)N2CCC3(CCC2=O)NC(=O)c2cccnc2N3)sc1C. The Morgan fingerprint density at radius 1 is 1.30 bits per heavy atom. The van der Waals surface area contributed by atoms with E-state index < -0.39 is 11.7 Å². The van der Waals surface area contributed by atoms with Gasteiger partial charge < -0.3 is 20.9 Å². The molecule has 9 nitrogen and oxygen atoms in total. The minimum atomic E-state index is -0.761. The number of amides is 3. The number of hydrogen-bond donors (Lipinski definition) is 3. The van der Waals surface area contributed by atoms with Crippen LogP contribution < -0.4 is 16.0 Å². The van der Waals surface area contributed by atoms with Gasteiger partial charge in [0.15, 0.2) is 5.13 Å². The number of likely N-dealkylation sites (tertiary alicyclic amines) is 1. The van der Waals surface area contributed by atoms with Crippen LogP contribution in [-0.4, -0.2) is 50.8 Å². The molecule has 0 bridgehead atoms. The molecule has 0 aromatic carbocycles. The summed E-state index contributed by atoms with van der Waals surface area (Å²) < 4.78 is 0. The number of carbonyl (C=O) groups is 3. The summed E-state index contributed by atoms with van der Waals surface area (Å²) in [5.74, 6) is -0.0925. The van der Waals surface area contributed by atoms with Crippen LogP contribution in [-0.2, 0) is 9.59 Å². The van der Waals surface area contributed by atoms with Gasteiger partial charge in [0.05, 0.1) is 11.3 Å². The summed E-state index contributed by atoms with van der Waals surface area (Å²) in [6.07, 6.45) is 2.72. The highest BCUT2D eigenvalue weighted by Crippen LogP contribution is 2.31. The number of pyridine rings is 1. The number of hydrogen-bond acceptors (Lipinski definition) is 7. The highest BCUT2D eigenvalue weighted by Gasteiger charge is 2.42. The topological polar surface area (TPSA) is 116 Å². The first kappa shape index (κ1) is 20.3. The van der Waals surface area contributed by atoms with E-state index >= 15 is 0 Å². The summed E-state index contributed by atoms with van der Waals surface area (Å²) in [6, 6.07) is 2.77. The highest BCUT2D eigenvalue weighted by atomic mass is 32.1. The van der Waals surface area contributed by atoms with Crippen LogP contribution in [0.4, 0.5) is 10.9 Å². The third-order valence-electron chi connectivity index (χ3n) is 5.73. The largest absolute Gasteiger partial charge is 0.347 e. The van der Waals surface area contributed by atoms with Crippen molar-refractivity contribution < 1.29 is 14.4 Å². The van der Waals surface area contributed by atoms with Gasteiger partial charge in [-0.2, -0.15) is 0 Å². The molecule has 2 aromatic rings. The minimum absolute atomic E-state index is 0.121. The Morgan fingerprint density at radius 2 is 2.10 bits per heavy atom. The van der Waals surface area contributed by atoms with Gasteiger partial charge in [-0.1, -0.05) is 0 Å². The average Bonchev–Trinajstić information content (AvgIpc) is 2.94. The lowest BCUT2D eigenvalue weighted by atomic mass is 9.97. The van der Waals surface area contributed by atoms with Gasteiger partial charge in [-0.05, 0) is 39.3 Å². The first-order chi connectivity index (χ1) is 14.3. The number of rotatable bonds is 3. The van der Waals surface area contributed by atoms with Crippen molar-refractivity contribution in [3.63, 3.8) is 0 Å². The van der Waals surface area contributed by atoms with Crippen LogP contribution in [0.5, 0.6) is 0 Å². The lowest BCUT2D eigenvalue weighted by Crippen LogP contribution is -2.58. The lowest BCUT2D eigenvalue weighted by Gasteiger charge is -2.39. The second kappa shape index (κ2) is 7.67. The minimum Gasteiger partial charge on any atom is -0.347 e. The lowest BCUT2D eigenvalue weighted by molar-refractivity contribution is -0.137. The molecule has 0 saturated carbocycles. The third-order valence-corrected chi connectivity index (χ3v) is 6.72. The molecule has 10 heteroatoms. The maximum absolute atomic E-state index is 12.8. The number of carbonyl (C=O) groups excluding carboxylic acids is 3. The van der Waals surface area contributed by atoms with Gasteiger partial charge in [0, 0.05) is 30.5 Å². The van der Waals surface area contributed by atoms with E-state index in [2.05, 4.69) is 25.9 Å². The molecule has 2 atom stereocenters. The molecule has 0 aliphatic carbocycles. The number of nitrogens with one attached hydrogen (secondary N) is 3. The molecule has 2 unspecified atom stereocenters. The maximum atomic E-state index is 12.8. The summed E-state index contributed by atoms with van der Waals surface area (Å²) in [7, 11) is 0. The molecule has 1 fully saturated rings. The van der Waals surface area contributed by atoms with Gasteiger partial charge in [-0.3, -0.25) is 14.4 Å². The number of fused-ring (bicyclic) bond motifs is 1. The van der Waals surface area contributed by atoms with Gasteiger partial charge >= 0.3 is 0 Å². The van der Waals surface area contributed by atoms with E-state index in [9.17, 15) is 14.4 Å². The third kappa shape index (κ3) is 3.74. The molecule has 4 rings (SSSR count). The number of thiazole rings is 1. The van der Waals surface area contributed by atoms with Crippen LogP contribution in [0.2, 0.25) is 0 Å². The van der Waals surface area contributed by atoms with E-state index in [1.54, 1.807) is 30.2 Å². The molecule has 0 radical (unpaired) electrons. The van der Waals surface area contributed by atoms with Crippen LogP contribution >= 0.6 is 11.3 Å². The summed E-state index contributed by atoms with van der Waals surface area (Å²) >= 11 is 1.41. The Kier molecular flexibility index (Phi) is 5.19. The predicted octanol–water partition coefficient (Wildman–Crippen LogP) is 2.05. The zero-order valence-corrected chi connectivity index (χ0v) is 17.9. The van der Waals surface area contributed by atoms with E-state index in [4.69, 9.17) is 0 Å². The molecule has 158 valence electrons. The van der Waals surface area contributed by atoms with E-state index in [0.29, 0.717) is 35.9 Å². The monoisotopic (exact) mass is 428 g/mol. The van der Waals surface area contributed by atoms with Crippen molar-refractivity contribution in [3.8, 4) is 0 Å². The Balaban J connectivity index is 1.47. The van der Waals surface area contributed by atoms with Crippen molar-refractivity contribution in [2.24, 2.45) is 0 Å². The van der Waals surface area contributed by atoms with Crippen molar-refractivity contribution >= 4 is 40.0 Å². The molecule has 1 saturated heterocycles. The standard InChI is InChI=1S/C20H24N6O3S/c1-11-13(3)30-19(22-11)23-17(28)12(2)26-10-8-20(7-6-15(26)27)24-16-14(18(29)25-20)5-4-9-21-16/h4-5,9,12H,6-8,10H2,1-3H3,(H,21,24)(H,25,29)(H,22,23,28). The molecule has 3 N–H and O–H groups in total. The fraction of sp³-hybridized carbons (Fsp3) is 0.450. The molecule has 30 heavy (non-hydrogen) atoms. The fourth-order valence-corrected chi connectivity index (χ4v) is 4.61. The summed E-state index contributed by atoms with van der Waals surface area (Å²) in [4.78, 5) is 49.3. The molecule has 2 aliphatic rings. The Hall–Kier alpha value is -3.01. The summed E-state index contributed by atoms with van der Waals surface area (Å²) in [5.41, 5.74) is 0.601. The van der Waals surface area contributed by atoms with Crippen molar-refractivity contribution in [2.75, 3.05) is 17.2 Å². The highest BCUT2D eigenvalue weighted by molar-refractivity contribution is 7.15. The van der Waals surface area contributed by atoms with Crippen LogP contribution in [0.1, 0.15) is 47.1 Å². The van der Waals surface area contributed by atoms with Crippen molar-refractivity contribution in [3.05, 3.63) is 34.5 Å². The second-order valence-corrected chi connectivity index (χ2v) is 8.93. The zero-order chi connectivity index (χ0) is 21.5. The number of aromatic nitrogens is 2. The molecular weight excluding hydrogens is 404 g/mol. The van der Waals surface area contributed by atoms with E-state index in [1.807, 2.05) is 13.8 Å². The Morgan fingerprint density at radius 3 is 2.83 bits per heavy atom. The first-order valence-corrected chi connectivity index (χ1v) is 10.7. The van der Waals surface area contributed by atoms with Crippen LogP contribution in [0.25, 0.3) is 0 Å². The maximum Gasteiger partial charge on any atom is 0.256 e. The van der Waals surface area contributed by atoms with Gasteiger partial charge in [0.2, 0.25) is 11.8 Å². The molecule has 3 amide bonds. The fourth-order valence-electron chi connectivity index (χ4n) is 3.79. The first-order valence-electron chi connectivity index (χ1n) is 9.88. The van der Waals surface area contributed by atoms with E-state index in [0.717, 1.165) is 10.6 Å². The molecule has 1 spiro atoms. The van der Waals surface area contributed by atoms with E-state index in [-0.39, 0.29) is 24.1 Å². The summed E-state index contributed by atoms with van der Waals surface area (Å²) in [5, 5.41) is 9.66. The summed E-state index contributed by atoms with van der Waals surface area (Å²) in [6.45, 7) is 5.88. The molecule has 2 aliphatic heterocycles. The normalized spacial score (nSPS) is 22.0.